The van der Waals surface area contributed by atoms with Crippen molar-refractivity contribution in [3.63, 3.8) is 0 Å². The van der Waals surface area contributed by atoms with Crippen LogP contribution in [0.1, 0.15) is 51.9 Å². The van der Waals surface area contributed by atoms with E-state index in [9.17, 15) is 13.2 Å². The number of rotatable bonds is 4. The van der Waals surface area contributed by atoms with E-state index in [1.54, 1.807) is 0 Å². The van der Waals surface area contributed by atoms with Crippen LogP contribution >= 0.6 is 0 Å². The highest BCUT2D eigenvalue weighted by Gasteiger charge is 2.42. The molecule has 1 saturated heterocycles. The van der Waals surface area contributed by atoms with Crippen LogP contribution in [-0.4, -0.2) is 42.8 Å². The van der Waals surface area contributed by atoms with E-state index in [2.05, 4.69) is 17.1 Å². The van der Waals surface area contributed by atoms with Gasteiger partial charge >= 0.3 is 6.18 Å². The second-order valence-corrected chi connectivity index (χ2v) is 6.53. The highest BCUT2D eigenvalue weighted by Crippen LogP contribution is 2.37. The largest absolute Gasteiger partial charge is 0.391 e. The van der Waals surface area contributed by atoms with Crippen molar-refractivity contribution < 1.29 is 13.2 Å². The number of hydrogen-bond donors (Lipinski definition) is 1. The number of alkyl halides is 3. The van der Waals surface area contributed by atoms with Gasteiger partial charge in [0.05, 0.1) is 5.92 Å². The van der Waals surface area contributed by atoms with E-state index in [-0.39, 0.29) is 18.5 Å². The maximum Gasteiger partial charge on any atom is 0.391 e. The molecule has 3 unspecified atom stereocenters. The molecule has 0 spiro atoms. The van der Waals surface area contributed by atoms with E-state index < -0.39 is 12.1 Å². The molecule has 0 bridgehead atoms. The molecule has 1 aliphatic carbocycles. The van der Waals surface area contributed by atoms with Crippen LogP contribution in [0.2, 0.25) is 0 Å². The zero-order valence-electron chi connectivity index (χ0n) is 12.4. The molecule has 0 amide bonds. The molecule has 5 heteroatoms. The fourth-order valence-electron chi connectivity index (χ4n) is 3.62. The molecule has 1 aliphatic heterocycles. The quantitative estimate of drug-likeness (QED) is 0.852. The summed E-state index contributed by atoms with van der Waals surface area (Å²) in [4.78, 5) is 2.44. The number of likely N-dealkylation sites (tertiary alicyclic amines) is 1. The Morgan fingerprint density at radius 1 is 1.10 bits per heavy atom. The minimum absolute atomic E-state index is 0.0372. The molecule has 1 saturated carbocycles. The molecule has 0 aromatic rings. The van der Waals surface area contributed by atoms with E-state index in [0.717, 1.165) is 26.1 Å². The number of hydrogen-bond acceptors (Lipinski definition) is 2. The lowest BCUT2D eigenvalue weighted by Crippen LogP contribution is -2.47. The Balaban J connectivity index is 1.74. The van der Waals surface area contributed by atoms with E-state index in [1.165, 1.54) is 19.3 Å². The fraction of sp³-hybridized carbons (Fsp3) is 1.00. The van der Waals surface area contributed by atoms with E-state index in [1.807, 2.05) is 0 Å². The first-order chi connectivity index (χ1) is 9.45. The van der Waals surface area contributed by atoms with E-state index in [4.69, 9.17) is 0 Å². The molecule has 0 radical (unpaired) electrons. The lowest BCUT2D eigenvalue weighted by Gasteiger charge is -2.35. The molecule has 118 valence electrons. The Hall–Kier alpha value is -0.290. The fourth-order valence-corrected chi connectivity index (χ4v) is 3.62. The van der Waals surface area contributed by atoms with E-state index >= 15 is 0 Å². The third kappa shape index (κ3) is 4.92. The summed E-state index contributed by atoms with van der Waals surface area (Å²) in [5.74, 6) is -1.10. The van der Waals surface area contributed by atoms with Crippen molar-refractivity contribution in [1.29, 1.82) is 0 Å². The van der Waals surface area contributed by atoms with Crippen molar-refractivity contribution in [3.05, 3.63) is 0 Å². The van der Waals surface area contributed by atoms with Crippen LogP contribution in [0.15, 0.2) is 0 Å². The number of nitrogens with one attached hydrogen (secondary N) is 1. The van der Waals surface area contributed by atoms with Gasteiger partial charge in [0.1, 0.15) is 0 Å². The lowest BCUT2D eigenvalue weighted by atomic mass is 9.85. The predicted molar refractivity (Wildman–Crippen MR) is 74.7 cm³/mol. The molecule has 0 aromatic heterocycles. The predicted octanol–water partition coefficient (Wildman–Crippen LogP) is 3.57. The summed E-state index contributed by atoms with van der Waals surface area (Å²) in [6, 6.07) is 0.320. The van der Waals surface area contributed by atoms with Crippen LogP contribution in [0, 0.1) is 5.92 Å². The first kappa shape index (κ1) is 16.1. The standard InChI is InChI=1S/C15H27F3N2/c1-12(11-20-8-3-2-4-9-20)19-14-7-5-6-13(10-14)15(16,17)18/h12-14,19H,2-11H2,1H3. The second-order valence-electron chi connectivity index (χ2n) is 6.53. The number of nitrogens with zero attached hydrogens (tertiary/aromatic N) is 1. The molecule has 20 heavy (non-hydrogen) atoms. The summed E-state index contributed by atoms with van der Waals surface area (Å²) in [5.41, 5.74) is 0. The molecule has 2 nitrogen and oxygen atoms in total. The van der Waals surface area contributed by atoms with Crippen LogP contribution in [0.4, 0.5) is 13.2 Å². The average Bonchev–Trinajstić information content (AvgIpc) is 2.39. The Morgan fingerprint density at radius 2 is 1.80 bits per heavy atom. The summed E-state index contributed by atoms with van der Waals surface area (Å²) >= 11 is 0. The normalized spacial score (nSPS) is 31.2. The van der Waals surface area contributed by atoms with Gasteiger partial charge in [-0.3, -0.25) is 0 Å². The molecule has 2 aliphatic rings. The Bertz CT molecular complexity index is 287. The lowest BCUT2D eigenvalue weighted by molar-refractivity contribution is -0.183. The zero-order valence-corrected chi connectivity index (χ0v) is 12.4. The van der Waals surface area contributed by atoms with Crippen LogP contribution < -0.4 is 5.32 Å². The monoisotopic (exact) mass is 292 g/mol. The number of halogens is 3. The summed E-state index contributed by atoms with van der Waals surface area (Å²) in [6.45, 7) is 5.35. The number of piperidine rings is 1. The smallest absolute Gasteiger partial charge is 0.310 e. The van der Waals surface area contributed by atoms with Gasteiger partial charge in [-0.05, 0) is 52.1 Å². The van der Waals surface area contributed by atoms with Gasteiger partial charge in [0.25, 0.3) is 0 Å². The molecule has 1 heterocycles. The molecular weight excluding hydrogens is 265 g/mol. The third-order valence-electron chi connectivity index (χ3n) is 4.64. The van der Waals surface area contributed by atoms with Crippen molar-refractivity contribution in [1.82, 2.24) is 10.2 Å². The molecule has 3 atom stereocenters. The van der Waals surface area contributed by atoms with Gasteiger partial charge in [-0.25, -0.2) is 0 Å². The summed E-state index contributed by atoms with van der Waals surface area (Å²) in [5, 5.41) is 3.43. The van der Waals surface area contributed by atoms with Gasteiger partial charge in [0.2, 0.25) is 0 Å². The van der Waals surface area contributed by atoms with Crippen molar-refractivity contribution in [2.45, 2.75) is 70.1 Å². The van der Waals surface area contributed by atoms with Gasteiger partial charge in [-0.15, -0.1) is 0 Å². The molecular formula is C15H27F3N2. The summed E-state index contributed by atoms with van der Waals surface area (Å²) in [6.07, 6.45) is 1.95. The molecule has 1 N–H and O–H groups in total. The minimum atomic E-state index is -4.02. The van der Waals surface area contributed by atoms with Crippen LogP contribution in [0.5, 0.6) is 0 Å². The van der Waals surface area contributed by atoms with Crippen LogP contribution in [0.25, 0.3) is 0 Å². The van der Waals surface area contributed by atoms with Crippen molar-refractivity contribution in [3.8, 4) is 0 Å². The third-order valence-corrected chi connectivity index (χ3v) is 4.64. The van der Waals surface area contributed by atoms with Crippen molar-refractivity contribution in [2.24, 2.45) is 5.92 Å². The molecule has 2 rings (SSSR count). The maximum absolute atomic E-state index is 12.8. The van der Waals surface area contributed by atoms with Crippen LogP contribution in [0.3, 0.4) is 0 Å². The first-order valence-electron chi connectivity index (χ1n) is 8.00. The highest BCUT2D eigenvalue weighted by molar-refractivity contribution is 4.84. The molecule has 0 aromatic carbocycles. The van der Waals surface area contributed by atoms with Gasteiger partial charge in [0, 0.05) is 18.6 Å². The Labute approximate surface area is 120 Å². The topological polar surface area (TPSA) is 15.3 Å². The summed E-state index contributed by atoms with van der Waals surface area (Å²) < 4.78 is 38.4. The highest BCUT2D eigenvalue weighted by atomic mass is 19.4. The van der Waals surface area contributed by atoms with E-state index in [0.29, 0.717) is 12.8 Å². The van der Waals surface area contributed by atoms with Crippen molar-refractivity contribution >= 4 is 0 Å². The van der Waals surface area contributed by atoms with Gasteiger partial charge in [-0.1, -0.05) is 12.8 Å². The minimum Gasteiger partial charge on any atom is -0.310 e. The van der Waals surface area contributed by atoms with Crippen LogP contribution in [-0.2, 0) is 0 Å². The van der Waals surface area contributed by atoms with Crippen molar-refractivity contribution in [2.75, 3.05) is 19.6 Å². The Kier molecular flexibility index (Phi) is 5.73. The SMILES string of the molecule is CC(CN1CCCCC1)NC1CCCC(C(F)(F)F)C1. The van der Waals surface area contributed by atoms with Gasteiger partial charge in [-0.2, -0.15) is 13.2 Å². The molecule has 2 fully saturated rings. The zero-order chi connectivity index (χ0) is 14.6. The summed E-state index contributed by atoms with van der Waals surface area (Å²) in [7, 11) is 0. The second kappa shape index (κ2) is 7.12. The average molecular weight is 292 g/mol. The first-order valence-corrected chi connectivity index (χ1v) is 8.00. The van der Waals surface area contributed by atoms with Gasteiger partial charge < -0.3 is 10.2 Å². The Morgan fingerprint density at radius 3 is 2.45 bits per heavy atom. The van der Waals surface area contributed by atoms with Gasteiger partial charge in [0.15, 0.2) is 0 Å². The maximum atomic E-state index is 12.8.